The molecule has 0 saturated carbocycles. The molecule has 0 radical (unpaired) electrons. The van der Waals surface area contributed by atoms with Crippen LogP contribution >= 0.6 is 0 Å². The Balaban J connectivity index is 2.73. The number of sulfonamides is 1. The van der Waals surface area contributed by atoms with E-state index in [0.717, 1.165) is 6.42 Å². The monoisotopic (exact) mass is 250 g/mol. The molecular formula is C10H22N2O3S. The quantitative estimate of drug-likeness (QED) is 0.765. The lowest BCUT2D eigenvalue weighted by Gasteiger charge is -2.25. The average molecular weight is 250 g/mol. The van der Waals surface area contributed by atoms with Crippen LogP contribution in [-0.4, -0.2) is 57.4 Å². The third-order valence-electron chi connectivity index (χ3n) is 2.77. The summed E-state index contributed by atoms with van der Waals surface area (Å²) in [6.45, 7) is 5.82. The van der Waals surface area contributed by atoms with Crippen molar-refractivity contribution in [1.29, 1.82) is 0 Å². The molecule has 1 rings (SSSR count). The lowest BCUT2D eigenvalue weighted by atomic mass is 10.4. The summed E-state index contributed by atoms with van der Waals surface area (Å²) in [6, 6.07) is 0. The van der Waals surface area contributed by atoms with Gasteiger partial charge in [0.25, 0.3) is 0 Å². The van der Waals surface area contributed by atoms with Crippen LogP contribution in [0.15, 0.2) is 0 Å². The zero-order valence-corrected chi connectivity index (χ0v) is 11.1. The van der Waals surface area contributed by atoms with Gasteiger partial charge in [-0.1, -0.05) is 0 Å². The molecule has 6 heteroatoms. The molecule has 1 fully saturated rings. The Kier molecular flexibility index (Phi) is 5.17. The Morgan fingerprint density at radius 3 is 2.88 bits per heavy atom. The fourth-order valence-corrected chi connectivity index (χ4v) is 3.52. The van der Waals surface area contributed by atoms with Crippen LogP contribution in [0.3, 0.4) is 0 Å². The number of nitrogens with zero attached hydrogens (tertiary/aromatic N) is 1. The molecule has 0 aromatic carbocycles. The van der Waals surface area contributed by atoms with Gasteiger partial charge in [0.1, 0.15) is 0 Å². The summed E-state index contributed by atoms with van der Waals surface area (Å²) in [7, 11) is -1.43. The Bertz CT molecular complexity index is 305. The van der Waals surface area contributed by atoms with E-state index >= 15 is 0 Å². The molecule has 1 N–H and O–H groups in total. The van der Waals surface area contributed by atoms with Gasteiger partial charge in [0.2, 0.25) is 10.0 Å². The van der Waals surface area contributed by atoms with Gasteiger partial charge in [-0.25, -0.2) is 8.42 Å². The van der Waals surface area contributed by atoms with Gasteiger partial charge >= 0.3 is 0 Å². The predicted molar refractivity (Wildman–Crippen MR) is 63.9 cm³/mol. The summed E-state index contributed by atoms with van der Waals surface area (Å²) < 4.78 is 31.4. The van der Waals surface area contributed by atoms with E-state index in [-0.39, 0.29) is 11.4 Å². The summed E-state index contributed by atoms with van der Waals surface area (Å²) in [5.74, 6) is 0. The molecule has 0 aromatic rings. The van der Waals surface area contributed by atoms with Gasteiger partial charge in [0.15, 0.2) is 0 Å². The van der Waals surface area contributed by atoms with E-state index in [1.165, 1.54) is 0 Å². The molecule has 0 aromatic heterocycles. The molecule has 1 heterocycles. The highest BCUT2D eigenvalue weighted by Crippen LogP contribution is 2.14. The molecule has 0 spiro atoms. The minimum Gasteiger partial charge on any atom is -0.377 e. The number of hydrogen-bond donors (Lipinski definition) is 1. The third kappa shape index (κ3) is 3.41. The molecule has 1 aliphatic heterocycles. The first-order valence-corrected chi connectivity index (χ1v) is 7.24. The molecule has 2 atom stereocenters. The second-order valence-electron chi connectivity index (χ2n) is 4.31. The van der Waals surface area contributed by atoms with E-state index in [1.54, 1.807) is 18.3 Å². The van der Waals surface area contributed by atoms with Crippen molar-refractivity contribution in [2.45, 2.75) is 31.6 Å². The molecular weight excluding hydrogens is 228 g/mol. The summed E-state index contributed by atoms with van der Waals surface area (Å²) >= 11 is 0. The maximum Gasteiger partial charge on any atom is 0.218 e. The van der Waals surface area contributed by atoms with E-state index in [9.17, 15) is 8.42 Å². The van der Waals surface area contributed by atoms with Crippen molar-refractivity contribution in [3.05, 3.63) is 0 Å². The van der Waals surface area contributed by atoms with Gasteiger partial charge in [0.05, 0.1) is 11.4 Å². The van der Waals surface area contributed by atoms with Crippen LogP contribution < -0.4 is 5.32 Å². The third-order valence-corrected chi connectivity index (χ3v) is 5.01. The molecule has 0 aliphatic carbocycles. The standard InChI is InChI=1S/C10H22N2O3S/c1-9-8-12(5-4-6-15-9)16(13,14)10(2)7-11-3/h9-11H,4-8H2,1-3H3. The van der Waals surface area contributed by atoms with Gasteiger partial charge in [-0.15, -0.1) is 0 Å². The minimum atomic E-state index is -3.19. The molecule has 2 unspecified atom stereocenters. The summed E-state index contributed by atoms with van der Waals surface area (Å²) in [5.41, 5.74) is 0. The van der Waals surface area contributed by atoms with Crippen LogP contribution in [0.25, 0.3) is 0 Å². The largest absolute Gasteiger partial charge is 0.377 e. The average Bonchev–Trinajstić information content (AvgIpc) is 2.43. The normalized spacial score (nSPS) is 26.3. The zero-order chi connectivity index (χ0) is 12.2. The highest BCUT2D eigenvalue weighted by Gasteiger charge is 2.30. The van der Waals surface area contributed by atoms with Crippen molar-refractivity contribution >= 4 is 10.0 Å². The topological polar surface area (TPSA) is 58.6 Å². The second kappa shape index (κ2) is 5.95. The fraction of sp³-hybridized carbons (Fsp3) is 1.00. The summed E-state index contributed by atoms with van der Waals surface area (Å²) in [4.78, 5) is 0. The number of nitrogens with one attached hydrogen (secondary N) is 1. The fourth-order valence-electron chi connectivity index (χ4n) is 1.83. The van der Waals surface area contributed by atoms with Crippen molar-refractivity contribution < 1.29 is 13.2 Å². The number of hydrogen-bond acceptors (Lipinski definition) is 4. The van der Waals surface area contributed by atoms with Crippen molar-refractivity contribution in [2.24, 2.45) is 0 Å². The highest BCUT2D eigenvalue weighted by molar-refractivity contribution is 7.89. The lowest BCUT2D eigenvalue weighted by Crippen LogP contribution is -2.43. The van der Waals surface area contributed by atoms with Gasteiger partial charge < -0.3 is 10.1 Å². The van der Waals surface area contributed by atoms with E-state index in [4.69, 9.17) is 4.74 Å². The first-order chi connectivity index (χ1) is 7.48. The van der Waals surface area contributed by atoms with Gasteiger partial charge in [-0.2, -0.15) is 4.31 Å². The SMILES string of the molecule is CNCC(C)S(=O)(=O)N1CCCOC(C)C1. The van der Waals surface area contributed by atoms with Crippen molar-refractivity contribution in [2.75, 3.05) is 33.3 Å². The molecule has 0 bridgehead atoms. The van der Waals surface area contributed by atoms with Crippen molar-refractivity contribution in [3.8, 4) is 0 Å². The van der Waals surface area contributed by atoms with Crippen LogP contribution in [0.1, 0.15) is 20.3 Å². The van der Waals surface area contributed by atoms with Crippen LogP contribution in [0, 0.1) is 0 Å². The molecule has 5 nitrogen and oxygen atoms in total. The van der Waals surface area contributed by atoms with E-state index in [2.05, 4.69) is 5.32 Å². The summed E-state index contributed by atoms with van der Waals surface area (Å²) in [6.07, 6.45) is 0.759. The maximum absolute atomic E-state index is 12.2. The zero-order valence-electron chi connectivity index (χ0n) is 10.3. The Morgan fingerprint density at radius 2 is 2.25 bits per heavy atom. The van der Waals surface area contributed by atoms with E-state index in [0.29, 0.717) is 26.2 Å². The molecule has 1 saturated heterocycles. The number of rotatable bonds is 4. The Labute approximate surface area is 98.2 Å². The van der Waals surface area contributed by atoms with Crippen molar-refractivity contribution in [1.82, 2.24) is 9.62 Å². The Morgan fingerprint density at radius 1 is 1.56 bits per heavy atom. The Hall–Kier alpha value is -0.170. The summed E-state index contributed by atoms with van der Waals surface area (Å²) in [5, 5.41) is 2.52. The molecule has 96 valence electrons. The van der Waals surface area contributed by atoms with Gasteiger partial charge in [0, 0.05) is 26.2 Å². The van der Waals surface area contributed by atoms with E-state index < -0.39 is 10.0 Å². The van der Waals surface area contributed by atoms with Crippen molar-refractivity contribution in [3.63, 3.8) is 0 Å². The molecule has 0 amide bonds. The molecule has 1 aliphatic rings. The van der Waals surface area contributed by atoms with Gasteiger partial charge in [-0.05, 0) is 27.3 Å². The minimum absolute atomic E-state index is 0.0148. The van der Waals surface area contributed by atoms with E-state index in [1.807, 2.05) is 6.92 Å². The first-order valence-electron chi connectivity index (χ1n) is 5.73. The van der Waals surface area contributed by atoms with Crippen LogP contribution in [-0.2, 0) is 14.8 Å². The highest BCUT2D eigenvalue weighted by atomic mass is 32.2. The second-order valence-corrected chi connectivity index (χ2v) is 6.66. The predicted octanol–water partition coefficient (Wildman–Crippen LogP) is 0.0349. The first kappa shape index (κ1) is 13.9. The lowest BCUT2D eigenvalue weighted by molar-refractivity contribution is 0.0751. The smallest absolute Gasteiger partial charge is 0.218 e. The van der Waals surface area contributed by atoms with Crippen LogP contribution in [0.4, 0.5) is 0 Å². The molecule has 16 heavy (non-hydrogen) atoms. The van der Waals surface area contributed by atoms with Crippen LogP contribution in [0.2, 0.25) is 0 Å². The van der Waals surface area contributed by atoms with Gasteiger partial charge in [-0.3, -0.25) is 0 Å². The number of ether oxygens (including phenoxy) is 1. The maximum atomic E-state index is 12.2. The van der Waals surface area contributed by atoms with Crippen LogP contribution in [0.5, 0.6) is 0 Å².